The summed E-state index contributed by atoms with van der Waals surface area (Å²) in [6, 6.07) is 34.8. The molecule has 234 valence electrons. The number of imide groups is 1. The van der Waals surface area contributed by atoms with Gasteiger partial charge in [-0.3, -0.25) is 24.6 Å². The van der Waals surface area contributed by atoms with Gasteiger partial charge in [-0.2, -0.15) is 0 Å². The highest BCUT2D eigenvalue weighted by Crippen LogP contribution is 2.35. The van der Waals surface area contributed by atoms with Crippen LogP contribution in [-0.2, 0) is 22.7 Å². The van der Waals surface area contributed by atoms with Crippen LogP contribution in [0.25, 0.3) is 11.1 Å². The molecule has 1 N–H and O–H groups in total. The summed E-state index contributed by atoms with van der Waals surface area (Å²) in [7, 11) is 2.05. The fourth-order valence-electron chi connectivity index (χ4n) is 6.44. The Labute approximate surface area is 270 Å². The first-order valence-electron chi connectivity index (χ1n) is 15.9. The van der Waals surface area contributed by atoms with Gasteiger partial charge in [0.25, 0.3) is 5.91 Å². The second-order valence-corrected chi connectivity index (χ2v) is 11.9. The van der Waals surface area contributed by atoms with Crippen LogP contribution < -0.4 is 10.1 Å². The zero-order valence-corrected chi connectivity index (χ0v) is 26.4. The van der Waals surface area contributed by atoms with Gasteiger partial charge in [-0.15, -0.1) is 0 Å². The Morgan fingerprint density at radius 1 is 0.870 bits per heavy atom. The van der Waals surface area contributed by atoms with Crippen molar-refractivity contribution in [2.75, 3.05) is 20.2 Å². The number of benzene rings is 4. The predicted octanol–water partition coefficient (Wildman–Crippen LogP) is 6.33. The number of allylic oxidation sites excluding steroid dienone is 1. The highest BCUT2D eigenvalue weighted by molar-refractivity contribution is 6.05. The summed E-state index contributed by atoms with van der Waals surface area (Å²) in [6.45, 7) is 4.55. The monoisotopic (exact) mass is 613 g/mol. The first kappa shape index (κ1) is 31.0. The van der Waals surface area contributed by atoms with E-state index in [-0.39, 0.29) is 18.2 Å². The standard InChI is InChI=1S/C39H39N3O4/c1-3-33(28-10-6-4-7-11-28)37(29-12-8-5-9-13-29)30-15-17-32(18-16-30)46-23-22-41(2)25-27-14-19-34-31(24-27)26-42(39(34)45)35-20-21-36(43)40-38(35)44/h4-19,24,35H,3,20-23,25-26H2,1-2H3,(H,40,43,44). The molecule has 2 heterocycles. The molecule has 2 aliphatic heterocycles. The van der Waals surface area contributed by atoms with E-state index in [0.717, 1.165) is 35.4 Å². The van der Waals surface area contributed by atoms with Crippen LogP contribution in [0.1, 0.15) is 64.4 Å². The Bertz CT molecular complexity index is 1750. The van der Waals surface area contributed by atoms with Gasteiger partial charge in [0.05, 0.1) is 0 Å². The van der Waals surface area contributed by atoms with E-state index in [9.17, 15) is 14.4 Å². The zero-order chi connectivity index (χ0) is 32.0. The molecular formula is C39H39N3O4. The molecule has 7 heteroatoms. The minimum Gasteiger partial charge on any atom is -0.492 e. The van der Waals surface area contributed by atoms with Crippen molar-refractivity contribution in [3.8, 4) is 5.75 Å². The summed E-state index contributed by atoms with van der Waals surface area (Å²) in [4.78, 5) is 40.7. The van der Waals surface area contributed by atoms with E-state index in [1.165, 1.54) is 22.3 Å². The van der Waals surface area contributed by atoms with Crippen molar-refractivity contribution in [1.29, 1.82) is 0 Å². The molecule has 46 heavy (non-hydrogen) atoms. The molecular weight excluding hydrogens is 574 g/mol. The zero-order valence-electron chi connectivity index (χ0n) is 26.4. The molecule has 0 radical (unpaired) electrons. The van der Waals surface area contributed by atoms with Crippen molar-refractivity contribution < 1.29 is 19.1 Å². The molecule has 1 unspecified atom stereocenters. The summed E-state index contributed by atoms with van der Waals surface area (Å²) in [6.07, 6.45) is 1.52. The number of nitrogens with one attached hydrogen (secondary N) is 1. The van der Waals surface area contributed by atoms with Crippen LogP contribution in [0.3, 0.4) is 0 Å². The molecule has 0 aliphatic carbocycles. The second-order valence-electron chi connectivity index (χ2n) is 11.9. The van der Waals surface area contributed by atoms with Gasteiger partial charge in [-0.05, 0) is 77.1 Å². The van der Waals surface area contributed by atoms with Crippen molar-refractivity contribution >= 4 is 28.9 Å². The molecule has 6 rings (SSSR count). The highest BCUT2D eigenvalue weighted by atomic mass is 16.5. The van der Waals surface area contributed by atoms with E-state index >= 15 is 0 Å². The Hall–Kier alpha value is -5.01. The molecule has 7 nitrogen and oxygen atoms in total. The number of piperidine rings is 1. The smallest absolute Gasteiger partial charge is 0.255 e. The molecule has 4 aromatic rings. The molecule has 1 saturated heterocycles. The molecule has 0 bridgehead atoms. The molecule has 0 saturated carbocycles. The van der Waals surface area contributed by atoms with E-state index in [0.29, 0.717) is 31.7 Å². The highest BCUT2D eigenvalue weighted by Gasteiger charge is 2.39. The molecule has 4 aromatic carbocycles. The van der Waals surface area contributed by atoms with E-state index in [4.69, 9.17) is 4.74 Å². The van der Waals surface area contributed by atoms with Gasteiger partial charge in [-0.1, -0.05) is 91.9 Å². The lowest BCUT2D eigenvalue weighted by Crippen LogP contribution is -2.52. The minimum atomic E-state index is -0.603. The number of fused-ring (bicyclic) bond motifs is 1. The number of ether oxygens (including phenoxy) is 1. The fraction of sp³-hybridized carbons (Fsp3) is 0.256. The SMILES string of the molecule is CCC(=C(c1ccccc1)c1ccc(OCCN(C)Cc2ccc3c(c2)CN(C2CCC(=O)NC2=O)C3=O)cc1)c1ccccc1. The van der Waals surface area contributed by atoms with Gasteiger partial charge in [0.2, 0.25) is 11.8 Å². The number of nitrogens with zero attached hydrogens (tertiary/aromatic N) is 2. The number of rotatable bonds is 11. The quantitative estimate of drug-likeness (QED) is 0.158. The maximum Gasteiger partial charge on any atom is 0.255 e. The lowest BCUT2D eigenvalue weighted by molar-refractivity contribution is -0.136. The Morgan fingerprint density at radius 3 is 2.22 bits per heavy atom. The largest absolute Gasteiger partial charge is 0.492 e. The Balaban J connectivity index is 1.07. The molecule has 1 fully saturated rings. The minimum absolute atomic E-state index is 0.152. The predicted molar refractivity (Wildman–Crippen MR) is 180 cm³/mol. The van der Waals surface area contributed by atoms with Gasteiger partial charge in [-0.25, -0.2) is 0 Å². The van der Waals surface area contributed by atoms with Gasteiger partial charge in [0, 0.05) is 31.6 Å². The molecule has 0 spiro atoms. The third-order valence-electron chi connectivity index (χ3n) is 8.77. The number of hydrogen-bond donors (Lipinski definition) is 1. The van der Waals surface area contributed by atoms with E-state index in [1.807, 2.05) is 43.4 Å². The van der Waals surface area contributed by atoms with Crippen LogP contribution in [-0.4, -0.2) is 53.8 Å². The van der Waals surface area contributed by atoms with Gasteiger partial charge in [0.15, 0.2) is 0 Å². The average Bonchev–Trinajstić information content (AvgIpc) is 3.39. The van der Waals surface area contributed by atoms with Crippen molar-refractivity contribution in [2.24, 2.45) is 0 Å². The fourth-order valence-corrected chi connectivity index (χ4v) is 6.44. The van der Waals surface area contributed by atoms with E-state index < -0.39 is 11.9 Å². The number of amides is 3. The van der Waals surface area contributed by atoms with Crippen molar-refractivity contribution in [3.05, 3.63) is 137 Å². The average molecular weight is 614 g/mol. The van der Waals surface area contributed by atoms with Crippen LogP contribution in [0.5, 0.6) is 5.75 Å². The van der Waals surface area contributed by atoms with Crippen LogP contribution in [0.2, 0.25) is 0 Å². The summed E-state index contributed by atoms with van der Waals surface area (Å²) in [5.41, 5.74) is 8.75. The van der Waals surface area contributed by atoms with E-state index in [1.54, 1.807) is 4.90 Å². The van der Waals surface area contributed by atoms with Crippen molar-refractivity contribution in [2.45, 2.75) is 45.3 Å². The third-order valence-corrected chi connectivity index (χ3v) is 8.77. The lowest BCUT2D eigenvalue weighted by Gasteiger charge is -2.29. The van der Waals surface area contributed by atoms with Crippen molar-refractivity contribution in [3.63, 3.8) is 0 Å². The van der Waals surface area contributed by atoms with Gasteiger partial charge in [0.1, 0.15) is 18.4 Å². The first-order chi connectivity index (χ1) is 22.4. The maximum atomic E-state index is 13.0. The molecule has 1 atom stereocenters. The Kier molecular flexibility index (Phi) is 9.41. The number of carbonyl (C=O) groups is 3. The van der Waals surface area contributed by atoms with Crippen LogP contribution in [0, 0.1) is 0 Å². The normalized spacial score (nSPS) is 16.7. The molecule has 2 aliphatic rings. The van der Waals surface area contributed by atoms with Crippen LogP contribution >= 0.6 is 0 Å². The number of likely N-dealkylation sites (N-methyl/N-ethyl adjacent to an activating group) is 1. The molecule has 3 amide bonds. The second kappa shape index (κ2) is 14.0. The van der Waals surface area contributed by atoms with E-state index in [2.05, 4.69) is 83.9 Å². The lowest BCUT2D eigenvalue weighted by atomic mass is 9.88. The summed E-state index contributed by atoms with van der Waals surface area (Å²) in [5.74, 6) is 0.00145. The summed E-state index contributed by atoms with van der Waals surface area (Å²) >= 11 is 0. The molecule has 0 aromatic heterocycles. The van der Waals surface area contributed by atoms with Crippen LogP contribution in [0.15, 0.2) is 103 Å². The first-order valence-corrected chi connectivity index (χ1v) is 15.9. The topological polar surface area (TPSA) is 79.0 Å². The third kappa shape index (κ3) is 6.80. The summed E-state index contributed by atoms with van der Waals surface area (Å²) in [5, 5.41) is 2.36. The van der Waals surface area contributed by atoms with Gasteiger partial charge >= 0.3 is 0 Å². The number of hydrogen-bond acceptors (Lipinski definition) is 5. The maximum absolute atomic E-state index is 13.0. The van der Waals surface area contributed by atoms with Crippen molar-refractivity contribution in [1.82, 2.24) is 15.1 Å². The number of carbonyl (C=O) groups excluding carboxylic acids is 3. The summed E-state index contributed by atoms with van der Waals surface area (Å²) < 4.78 is 6.14. The van der Waals surface area contributed by atoms with Gasteiger partial charge < -0.3 is 9.64 Å². The Morgan fingerprint density at radius 2 is 1.54 bits per heavy atom. The van der Waals surface area contributed by atoms with Crippen LogP contribution in [0.4, 0.5) is 0 Å².